The summed E-state index contributed by atoms with van der Waals surface area (Å²) in [5, 5.41) is 24.0. The zero-order valence-electron chi connectivity index (χ0n) is 40.5. The molecule has 0 aromatic heterocycles. The van der Waals surface area contributed by atoms with Crippen molar-refractivity contribution in [2.75, 3.05) is 39.3 Å². The highest BCUT2D eigenvalue weighted by atomic mass is 16.4. The highest BCUT2D eigenvalue weighted by Crippen LogP contribution is 2.15. The average molecular weight is 869 g/mol. The minimum atomic E-state index is -0.879. The van der Waals surface area contributed by atoms with Gasteiger partial charge in [-0.3, -0.25) is 0 Å². The Bertz CT molecular complexity index is 1050. The van der Waals surface area contributed by atoms with E-state index in [2.05, 4.69) is 24.5 Å². The Balaban J connectivity index is 0. The fraction of sp³-hybridized carbons (Fsp3) is 0.741. The molecule has 8 nitrogen and oxygen atoms in total. The fourth-order valence-corrected chi connectivity index (χ4v) is 7.18. The van der Waals surface area contributed by atoms with Gasteiger partial charge < -0.3 is 32.3 Å². The second-order valence-electron chi connectivity index (χ2n) is 17.0. The molecule has 0 amide bonds. The van der Waals surface area contributed by atoms with Crippen LogP contribution in [0.4, 0.5) is 0 Å². The van der Waals surface area contributed by atoms with Crippen molar-refractivity contribution in [3.8, 4) is 0 Å². The Hall–Kier alpha value is -2.78. The molecule has 8 N–H and O–H groups in total. The molecule has 360 valence electrons. The molecule has 8 heteroatoms. The van der Waals surface area contributed by atoms with Crippen LogP contribution in [0.3, 0.4) is 0 Å². The Kier molecular flexibility index (Phi) is 53.7. The lowest BCUT2D eigenvalue weighted by atomic mass is 10.0. The quantitative estimate of drug-likeness (QED) is 0.0362. The zero-order valence-corrected chi connectivity index (χ0v) is 40.5. The summed E-state index contributed by atoms with van der Waals surface area (Å²) in [7, 11) is 0. The molecule has 2 aromatic carbocycles. The minimum Gasteiger partial charge on any atom is -0.478 e. The van der Waals surface area contributed by atoms with Crippen molar-refractivity contribution in [1.29, 1.82) is 0 Å². The van der Waals surface area contributed by atoms with Gasteiger partial charge in [0.2, 0.25) is 0 Å². The number of nitrogens with one attached hydrogen (secondary N) is 2. The Labute approximate surface area is 383 Å². The topological polar surface area (TPSA) is 151 Å². The number of hydrogen-bond acceptors (Lipinski definition) is 6. The van der Waals surface area contributed by atoms with E-state index in [-0.39, 0.29) is 0 Å². The molecule has 0 heterocycles. The lowest BCUT2D eigenvalue weighted by Crippen LogP contribution is -2.28. The fourth-order valence-electron chi connectivity index (χ4n) is 7.18. The molecule has 0 aliphatic carbocycles. The maximum Gasteiger partial charge on any atom is 0.335 e. The number of hydrogen-bond donors (Lipinski definition) is 6. The Morgan fingerprint density at radius 3 is 0.742 bits per heavy atom. The van der Waals surface area contributed by atoms with Crippen LogP contribution in [0.25, 0.3) is 0 Å². The molecule has 0 spiro atoms. The molecule has 2 aromatic rings. The predicted octanol–water partition coefficient (Wildman–Crippen LogP) is 14.4. The molecule has 2 rings (SSSR count). The first-order valence-electron chi connectivity index (χ1n) is 25.8. The standard InChI is InChI=1S/C38H80N2.2C7H6O2.C2H8N2/c1-3-5-7-9-11-13-15-17-19-21-23-25-27-29-31-33-35-39-37-38-40-36-34-32-30-28-26-24-22-20-18-16-14-12-10-8-6-4-2;2*8-7(9)6-4-2-1-3-5-6;3-1-2-4/h39-40H,3-38H2,1-2H3;2*1-5H,(H,8,9);1-4H2. The maximum absolute atomic E-state index is 10.2. The van der Waals surface area contributed by atoms with Crippen molar-refractivity contribution in [2.45, 2.75) is 219 Å². The summed E-state index contributed by atoms with van der Waals surface area (Å²) >= 11 is 0. The largest absolute Gasteiger partial charge is 0.478 e. The van der Waals surface area contributed by atoms with E-state index in [4.69, 9.17) is 21.7 Å². The van der Waals surface area contributed by atoms with Crippen LogP contribution in [0.2, 0.25) is 0 Å². The van der Waals surface area contributed by atoms with Crippen LogP contribution in [0.1, 0.15) is 240 Å². The normalized spacial score (nSPS) is 10.5. The molecule has 0 bridgehead atoms. The van der Waals surface area contributed by atoms with Gasteiger partial charge in [-0.15, -0.1) is 0 Å². The zero-order chi connectivity index (χ0) is 45.7. The number of carboxylic acids is 2. The molecule has 0 radical (unpaired) electrons. The van der Waals surface area contributed by atoms with Gasteiger partial charge >= 0.3 is 11.9 Å². The van der Waals surface area contributed by atoms with Gasteiger partial charge in [0.05, 0.1) is 11.1 Å². The SMILES string of the molecule is CCCCCCCCCCCCCCCCCCNCCNCCCCCCCCCCCCCCCCCC.NCCN.O=C(O)c1ccccc1.O=C(O)c1ccccc1. The van der Waals surface area contributed by atoms with Crippen LogP contribution < -0.4 is 22.1 Å². The van der Waals surface area contributed by atoms with E-state index in [1.165, 1.54) is 219 Å². The molecule has 0 aliphatic heterocycles. The molecule has 0 fully saturated rings. The highest BCUT2D eigenvalue weighted by molar-refractivity contribution is 5.87. The Morgan fingerprint density at radius 1 is 0.355 bits per heavy atom. The van der Waals surface area contributed by atoms with Crippen LogP contribution in [-0.4, -0.2) is 61.4 Å². The lowest BCUT2D eigenvalue weighted by molar-refractivity contribution is 0.0686. The number of benzene rings is 2. The number of carboxylic acid groups (broad SMARTS) is 2. The van der Waals surface area contributed by atoms with Crippen LogP contribution in [0.15, 0.2) is 60.7 Å². The first-order valence-corrected chi connectivity index (χ1v) is 25.8. The highest BCUT2D eigenvalue weighted by Gasteiger charge is 1.99. The smallest absolute Gasteiger partial charge is 0.335 e. The lowest BCUT2D eigenvalue weighted by Gasteiger charge is -2.07. The number of aromatic carboxylic acids is 2. The van der Waals surface area contributed by atoms with E-state index in [9.17, 15) is 9.59 Å². The van der Waals surface area contributed by atoms with Crippen LogP contribution in [-0.2, 0) is 0 Å². The molecule has 0 aliphatic rings. The second-order valence-corrected chi connectivity index (χ2v) is 17.0. The van der Waals surface area contributed by atoms with Crippen molar-refractivity contribution >= 4 is 11.9 Å². The summed E-state index contributed by atoms with van der Waals surface area (Å²) in [5.41, 5.74) is 10.5. The van der Waals surface area contributed by atoms with E-state index < -0.39 is 11.9 Å². The van der Waals surface area contributed by atoms with Crippen molar-refractivity contribution in [2.24, 2.45) is 11.5 Å². The van der Waals surface area contributed by atoms with Crippen LogP contribution in [0.5, 0.6) is 0 Å². The summed E-state index contributed by atoms with van der Waals surface area (Å²) in [4.78, 5) is 20.4. The first-order chi connectivity index (χ1) is 30.4. The summed E-state index contributed by atoms with van der Waals surface area (Å²) in [6, 6.07) is 16.6. The number of rotatable bonds is 40. The average Bonchev–Trinajstić information content (AvgIpc) is 3.30. The second kappa shape index (κ2) is 54.4. The first kappa shape index (κ1) is 61.3. The number of nitrogens with two attached hydrogens (primary N) is 2. The summed E-state index contributed by atoms with van der Waals surface area (Å²) < 4.78 is 0. The van der Waals surface area contributed by atoms with Gasteiger partial charge in [-0.1, -0.05) is 243 Å². The summed E-state index contributed by atoms with van der Waals surface area (Å²) in [6.07, 6.45) is 46.4. The van der Waals surface area contributed by atoms with Gasteiger partial charge in [-0.05, 0) is 50.2 Å². The molecule has 62 heavy (non-hydrogen) atoms. The molecule has 0 atom stereocenters. The van der Waals surface area contributed by atoms with E-state index in [1.54, 1.807) is 60.7 Å². The van der Waals surface area contributed by atoms with Gasteiger partial charge in [0.1, 0.15) is 0 Å². The minimum absolute atomic E-state index is 0.331. The predicted molar refractivity (Wildman–Crippen MR) is 270 cm³/mol. The van der Waals surface area contributed by atoms with Gasteiger partial charge in [0, 0.05) is 26.2 Å². The van der Waals surface area contributed by atoms with Crippen molar-refractivity contribution in [3.05, 3.63) is 71.8 Å². The van der Waals surface area contributed by atoms with Crippen LogP contribution in [0, 0.1) is 0 Å². The van der Waals surface area contributed by atoms with Gasteiger partial charge in [-0.25, -0.2) is 9.59 Å². The third-order valence-electron chi connectivity index (χ3n) is 11.1. The van der Waals surface area contributed by atoms with Gasteiger partial charge in [0.15, 0.2) is 0 Å². The third-order valence-corrected chi connectivity index (χ3v) is 11.1. The molecular weight excluding hydrogens is 769 g/mol. The van der Waals surface area contributed by atoms with E-state index in [0.717, 1.165) is 13.1 Å². The Morgan fingerprint density at radius 2 is 0.565 bits per heavy atom. The van der Waals surface area contributed by atoms with Crippen molar-refractivity contribution < 1.29 is 19.8 Å². The van der Waals surface area contributed by atoms with Gasteiger partial charge in [-0.2, -0.15) is 0 Å². The van der Waals surface area contributed by atoms with Crippen LogP contribution >= 0.6 is 0 Å². The van der Waals surface area contributed by atoms with E-state index in [0.29, 0.717) is 24.2 Å². The van der Waals surface area contributed by atoms with E-state index in [1.807, 2.05) is 0 Å². The molecular formula is C54H100N4O4. The summed E-state index contributed by atoms with van der Waals surface area (Å²) in [5.74, 6) is -1.76. The monoisotopic (exact) mass is 869 g/mol. The number of carbonyl (C=O) groups is 2. The number of unbranched alkanes of at least 4 members (excludes halogenated alkanes) is 30. The molecule has 0 unspecified atom stereocenters. The molecule has 0 saturated carbocycles. The van der Waals surface area contributed by atoms with Crippen molar-refractivity contribution in [1.82, 2.24) is 10.6 Å². The van der Waals surface area contributed by atoms with Gasteiger partial charge in [0.25, 0.3) is 0 Å². The van der Waals surface area contributed by atoms with E-state index >= 15 is 0 Å². The third kappa shape index (κ3) is 51.6. The van der Waals surface area contributed by atoms with Crippen molar-refractivity contribution in [3.63, 3.8) is 0 Å². The maximum atomic E-state index is 10.2. The summed E-state index contributed by atoms with van der Waals surface area (Å²) in [6.45, 7) is 10.5. The molecule has 0 saturated heterocycles.